The van der Waals surface area contributed by atoms with Gasteiger partial charge in [-0.1, -0.05) is 45.3 Å². The summed E-state index contributed by atoms with van der Waals surface area (Å²) in [4.78, 5) is 29.6. The number of allylic oxidation sites excluding steroid dienone is 1. The van der Waals surface area contributed by atoms with Gasteiger partial charge in [-0.05, 0) is 94.0 Å². The molecule has 1 N–H and O–H groups in total. The van der Waals surface area contributed by atoms with Crippen molar-refractivity contribution in [2.45, 2.75) is 97.2 Å². The van der Waals surface area contributed by atoms with E-state index in [2.05, 4.69) is 31.7 Å². The van der Waals surface area contributed by atoms with Gasteiger partial charge in [-0.15, -0.1) is 0 Å². The molecule has 0 spiro atoms. The van der Waals surface area contributed by atoms with Crippen LogP contribution in [-0.2, 0) is 14.3 Å². The standard InChI is InChI=1S/C30H45NO4/c1-19(2)25-14-21-15-28(18-32)24-11-10-20(3)23(24)16-29(21,30(25,28)27(33)34)26-9-7-8-22(35-26)17-31-12-5-4-6-13-31/h14,18-24,26H,4-13,15-17H2,1-3H3,(H,33,34)/t20-,21?,22?,23-,24-,26?,28?,29?,30?/m1/s1. The zero-order chi connectivity index (χ0) is 24.6. The molecule has 6 aliphatic rings. The number of fused-ring (bicyclic) bond motifs is 2. The van der Waals surface area contributed by atoms with Crippen LogP contribution in [0.5, 0.6) is 0 Å². The van der Waals surface area contributed by atoms with Crippen molar-refractivity contribution in [1.29, 1.82) is 0 Å². The Kier molecular flexibility index (Phi) is 5.80. The molecule has 0 amide bonds. The first-order chi connectivity index (χ1) is 16.8. The van der Waals surface area contributed by atoms with E-state index in [0.29, 0.717) is 18.3 Å². The highest BCUT2D eigenvalue weighted by Gasteiger charge is 2.85. The summed E-state index contributed by atoms with van der Waals surface area (Å²) in [7, 11) is 0. The van der Waals surface area contributed by atoms with E-state index in [-0.39, 0.29) is 30.0 Å². The second-order valence-electron chi connectivity index (χ2n) is 13.4. The Hall–Kier alpha value is -1.20. The highest BCUT2D eigenvalue weighted by molar-refractivity contribution is 5.90. The summed E-state index contributed by atoms with van der Waals surface area (Å²) < 4.78 is 7.05. The van der Waals surface area contributed by atoms with E-state index >= 15 is 0 Å². The van der Waals surface area contributed by atoms with E-state index in [1.807, 2.05) is 0 Å². The SMILES string of the molecule is CC(C)C1=CC2CC3(C=O)[C@@H]4CC[C@@H](C)[C@H]4CC2(C2CCCC(CN4CCCCC4)O2)C13C(=O)O. The van der Waals surface area contributed by atoms with E-state index < -0.39 is 22.2 Å². The Balaban J connectivity index is 1.44. The van der Waals surface area contributed by atoms with Gasteiger partial charge < -0.3 is 19.5 Å². The quantitative estimate of drug-likeness (QED) is 0.408. The summed E-state index contributed by atoms with van der Waals surface area (Å²) in [5.41, 5.74) is -1.34. The topological polar surface area (TPSA) is 66.8 Å². The molecule has 6 unspecified atom stereocenters. The van der Waals surface area contributed by atoms with Crippen LogP contribution in [0.15, 0.2) is 11.6 Å². The number of piperidine rings is 1. The van der Waals surface area contributed by atoms with Gasteiger partial charge >= 0.3 is 5.97 Å². The maximum absolute atomic E-state index is 13.7. The number of ether oxygens (including phenoxy) is 1. The summed E-state index contributed by atoms with van der Waals surface area (Å²) >= 11 is 0. The molecule has 0 aromatic heterocycles. The number of nitrogens with zero attached hydrogens (tertiary/aromatic N) is 1. The van der Waals surface area contributed by atoms with Crippen LogP contribution in [0.4, 0.5) is 0 Å². The molecule has 0 radical (unpaired) electrons. The zero-order valence-electron chi connectivity index (χ0n) is 22.0. The molecule has 5 fully saturated rings. The van der Waals surface area contributed by atoms with Gasteiger partial charge in [0.15, 0.2) is 0 Å². The van der Waals surface area contributed by atoms with E-state index in [4.69, 9.17) is 4.74 Å². The Bertz CT molecular complexity index is 908. The fraction of sp³-hybridized carbons (Fsp3) is 0.867. The van der Waals surface area contributed by atoms with Gasteiger partial charge in [-0.3, -0.25) is 4.79 Å². The van der Waals surface area contributed by atoms with Gasteiger partial charge in [0.1, 0.15) is 11.7 Å². The molecule has 2 saturated heterocycles. The molecule has 3 saturated carbocycles. The normalized spacial score (nSPS) is 49.2. The number of rotatable bonds is 6. The number of hydrogen-bond acceptors (Lipinski definition) is 4. The summed E-state index contributed by atoms with van der Waals surface area (Å²) in [6.07, 6.45) is 14.3. The van der Waals surface area contributed by atoms with Crippen molar-refractivity contribution in [3.8, 4) is 0 Å². The molecule has 2 aliphatic heterocycles. The Labute approximate surface area is 211 Å². The largest absolute Gasteiger partial charge is 0.481 e. The zero-order valence-corrected chi connectivity index (χ0v) is 22.0. The molecule has 5 nitrogen and oxygen atoms in total. The lowest BCUT2D eigenvalue weighted by Crippen LogP contribution is -2.66. The van der Waals surface area contributed by atoms with Crippen molar-refractivity contribution in [3.63, 3.8) is 0 Å². The van der Waals surface area contributed by atoms with Crippen LogP contribution in [0, 0.1) is 45.8 Å². The van der Waals surface area contributed by atoms with Crippen LogP contribution >= 0.6 is 0 Å². The summed E-state index contributed by atoms with van der Waals surface area (Å²) in [6, 6.07) is 0. The van der Waals surface area contributed by atoms with Crippen molar-refractivity contribution in [1.82, 2.24) is 4.90 Å². The van der Waals surface area contributed by atoms with Crippen LogP contribution in [0.3, 0.4) is 0 Å². The van der Waals surface area contributed by atoms with Crippen molar-refractivity contribution in [3.05, 3.63) is 11.6 Å². The van der Waals surface area contributed by atoms with Crippen molar-refractivity contribution in [2.75, 3.05) is 19.6 Å². The number of hydrogen-bond donors (Lipinski definition) is 1. The molecule has 5 heteroatoms. The highest BCUT2D eigenvalue weighted by Crippen LogP contribution is 2.84. The third-order valence-corrected chi connectivity index (χ3v) is 11.8. The molecule has 2 heterocycles. The van der Waals surface area contributed by atoms with Gasteiger partial charge in [-0.2, -0.15) is 0 Å². The number of carbonyl (C=O) groups is 2. The molecule has 4 bridgehead atoms. The minimum atomic E-state index is -1.11. The number of aldehydes is 1. The number of carbonyl (C=O) groups excluding carboxylic acids is 1. The van der Waals surface area contributed by atoms with E-state index in [1.54, 1.807) is 0 Å². The Morgan fingerprint density at radius 2 is 1.91 bits per heavy atom. The molecule has 6 rings (SSSR count). The van der Waals surface area contributed by atoms with Crippen molar-refractivity contribution in [2.24, 2.45) is 45.8 Å². The summed E-state index contributed by atoms with van der Waals surface area (Å²) in [6.45, 7) is 9.90. The van der Waals surface area contributed by atoms with E-state index in [0.717, 1.165) is 70.0 Å². The maximum atomic E-state index is 13.7. The van der Waals surface area contributed by atoms with Crippen molar-refractivity contribution < 1.29 is 19.4 Å². The first kappa shape index (κ1) is 24.2. The molecule has 0 aromatic carbocycles. The van der Waals surface area contributed by atoms with Gasteiger partial charge in [0.25, 0.3) is 0 Å². The average molecular weight is 484 g/mol. The van der Waals surface area contributed by atoms with Crippen LogP contribution in [0.2, 0.25) is 0 Å². The third-order valence-electron chi connectivity index (χ3n) is 11.8. The van der Waals surface area contributed by atoms with Crippen LogP contribution in [-0.4, -0.2) is 54.1 Å². The second kappa shape index (κ2) is 8.41. The smallest absolute Gasteiger partial charge is 0.315 e. The van der Waals surface area contributed by atoms with Crippen LogP contribution in [0.1, 0.15) is 85.0 Å². The van der Waals surface area contributed by atoms with Crippen molar-refractivity contribution >= 4 is 12.3 Å². The molecule has 35 heavy (non-hydrogen) atoms. The Morgan fingerprint density at radius 1 is 1.14 bits per heavy atom. The molecule has 4 aliphatic carbocycles. The molecule has 194 valence electrons. The van der Waals surface area contributed by atoms with Gasteiger partial charge in [-0.25, -0.2) is 0 Å². The first-order valence-electron chi connectivity index (χ1n) is 14.6. The number of carboxylic acids is 1. The Morgan fingerprint density at radius 3 is 2.60 bits per heavy atom. The molecular weight excluding hydrogens is 438 g/mol. The molecule has 0 aromatic rings. The van der Waals surface area contributed by atoms with Gasteiger partial charge in [0, 0.05) is 12.0 Å². The van der Waals surface area contributed by atoms with Crippen LogP contribution < -0.4 is 0 Å². The highest BCUT2D eigenvalue weighted by atomic mass is 16.5. The lowest BCUT2D eigenvalue weighted by atomic mass is 9.41. The third kappa shape index (κ3) is 2.94. The predicted molar refractivity (Wildman–Crippen MR) is 135 cm³/mol. The number of carboxylic acid groups (broad SMARTS) is 1. The van der Waals surface area contributed by atoms with E-state index in [9.17, 15) is 14.7 Å². The minimum absolute atomic E-state index is 0.0739. The van der Waals surface area contributed by atoms with E-state index in [1.165, 1.54) is 19.3 Å². The maximum Gasteiger partial charge on any atom is 0.315 e. The minimum Gasteiger partial charge on any atom is -0.481 e. The number of aliphatic carboxylic acids is 1. The van der Waals surface area contributed by atoms with Gasteiger partial charge in [0.2, 0.25) is 0 Å². The fourth-order valence-electron chi connectivity index (χ4n) is 10.7. The average Bonchev–Trinajstić information content (AvgIpc) is 3.43. The number of likely N-dealkylation sites (tertiary alicyclic amines) is 1. The second-order valence-corrected chi connectivity index (χ2v) is 13.4. The first-order valence-corrected chi connectivity index (χ1v) is 14.6. The lowest BCUT2D eigenvalue weighted by molar-refractivity contribution is -0.213. The monoisotopic (exact) mass is 483 g/mol. The van der Waals surface area contributed by atoms with Crippen LogP contribution in [0.25, 0.3) is 0 Å². The molecule has 9 atom stereocenters. The lowest BCUT2D eigenvalue weighted by Gasteiger charge is -2.61. The fourth-order valence-corrected chi connectivity index (χ4v) is 10.7. The summed E-state index contributed by atoms with van der Waals surface area (Å²) in [5.74, 6) is 0.695. The van der Waals surface area contributed by atoms with Gasteiger partial charge in [0.05, 0.1) is 17.6 Å². The summed E-state index contributed by atoms with van der Waals surface area (Å²) in [5, 5.41) is 11.3. The molecular formula is C30H45NO4. The predicted octanol–water partition coefficient (Wildman–Crippen LogP) is 5.33.